The number of unbranched alkanes of at least 4 members (excludes halogenated alkanes) is 4. The average Bonchev–Trinajstić information content (AvgIpc) is 2.87. The van der Waals surface area contributed by atoms with Gasteiger partial charge in [0.05, 0.1) is 36.8 Å². The zero-order valence-corrected chi connectivity index (χ0v) is 21.5. The summed E-state index contributed by atoms with van der Waals surface area (Å²) in [6, 6.07) is 15.9. The largest absolute Gasteiger partial charge is 0.389 e. The van der Waals surface area contributed by atoms with Crippen LogP contribution in [0, 0.1) is 0 Å². The van der Waals surface area contributed by atoms with E-state index in [1.807, 2.05) is 48.5 Å². The van der Waals surface area contributed by atoms with Gasteiger partial charge in [-0.3, -0.25) is 0 Å². The zero-order chi connectivity index (χ0) is 25.1. The maximum absolute atomic E-state index is 10.4. The number of aliphatic hydroxyl groups is 2. The van der Waals surface area contributed by atoms with Crippen molar-refractivity contribution >= 4 is 22.7 Å². The lowest BCUT2D eigenvalue weighted by Gasteiger charge is -2.20. The molecule has 7 heteroatoms. The van der Waals surface area contributed by atoms with Crippen molar-refractivity contribution < 1.29 is 19.7 Å². The van der Waals surface area contributed by atoms with Crippen LogP contribution in [0.3, 0.4) is 0 Å². The molecule has 0 saturated carbocycles. The molecule has 0 amide bonds. The Labute approximate surface area is 211 Å². The van der Waals surface area contributed by atoms with Gasteiger partial charge in [0.2, 0.25) is 0 Å². The van der Waals surface area contributed by atoms with Crippen molar-refractivity contribution in [3.05, 3.63) is 48.5 Å². The predicted molar refractivity (Wildman–Crippen MR) is 146 cm³/mol. The fourth-order valence-electron chi connectivity index (χ4n) is 3.53. The molecule has 2 aromatic rings. The molecule has 2 atom stereocenters. The van der Waals surface area contributed by atoms with E-state index >= 15 is 0 Å². The smallest absolute Gasteiger partial charge is 0.0945 e. The number of hydrogen-bond acceptors (Lipinski definition) is 7. The summed E-state index contributed by atoms with van der Waals surface area (Å²) in [6.45, 7) is 7.01. The Morgan fingerprint density at radius 3 is 1.83 bits per heavy atom. The normalized spacial score (nSPS) is 12.8. The molecule has 7 nitrogen and oxygen atoms in total. The van der Waals surface area contributed by atoms with Crippen LogP contribution in [-0.2, 0) is 9.47 Å². The molecule has 0 aliphatic heterocycles. The average molecular weight is 488 g/mol. The molecule has 2 aromatic carbocycles. The first-order chi connectivity index (χ1) is 17.1. The summed E-state index contributed by atoms with van der Waals surface area (Å²) < 4.78 is 11.2. The first-order valence-corrected chi connectivity index (χ1v) is 13.1. The molecule has 0 fully saturated rings. The Balaban J connectivity index is 1.92. The molecule has 0 aromatic heterocycles. The monoisotopic (exact) mass is 487 g/mol. The van der Waals surface area contributed by atoms with Gasteiger partial charge in [0.25, 0.3) is 0 Å². The van der Waals surface area contributed by atoms with E-state index in [1.54, 1.807) is 0 Å². The SMILES string of the molecule is CCCCCOCC(O)CNc1ccc(Nc2ccccc2)cc1NCC(O)COCCCCC. The number of rotatable bonds is 20. The first-order valence-electron chi connectivity index (χ1n) is 13.1. The Bertz CT molecular complexity index is 791. The van der Waals surface area contributed by atoms with E-state index < -0.39 is 12.2 Å². The second-order valence-corrected chi connectivity index (χ2v) is 8.88. The summed E-state index contributed by atoms with van der Waals surface area (Å²) in [5, 5.41) is 30.7. The molecule has 5 N–H and O–H groups in total. The first kappa shape index (κ1) is 28.9. The quantitative estimate of drug-likeness (QED) is 0.160. The van der Waals surface area contributed by atoms with Crippen LogP contribution in [-0.4, -0.2) is 61.9 Å². The van der Waals surface area contributed by atoms with E-state index in [-0.39, 0.29) is 0 Å². The van der Waals surface area contributed by atoms with Crippen LogP contribution in [0.1, 0.15) is 52.4 Å². The molecule has 0 saturated heterocycles. The third-order valence-corrected chi connectivity index (χ3v) is 5.54. The topological polar surface area (TPSA) is 95.0 Å². The minimum absolute atomic E-state index is 0.301. The number of benzene rings is 2. The van der Waals surface area contributed by atoms with Crippen LogP contribution in [0.2, 0.25) is 0 Å². The minimum Gasteiger partial charge on any atom is -0.389 e. The van der Waals surface area contributed by atoms with Gasteiger partial charge < -0.3 is 35.6 Å². The van der Waals surface area contributed by atoms with E-state index in [9.17, 15) is 10.2 Å². The van der Waals surface area contributed by atoms with Crippen molar-refractivity contribution in [2.24, 2.45) is 0 Å². The minimum atomic E-state index is -0.614. The summed E-state index contributed by atoms with van der Waals surface area (Å²) in [4.78, 5) is 0. The second kappa shape index (κ2) is 18.0. The Morgan fingerprint density at radius 1 is 0.686 bits per heavy atom. The molecular formula is C28H45N3O4. The van der Waals surface area contributed by atoms with Gasteiger partial charge in [0.15, 0.2) is 0 Å². The highest BCUT2D eigenvalue weighted by Gasteiger charge is 2.11. The maximum atomic E-state index is 10.4. The van der Waals surface area contributed by atoms with Gasteiger partial charge in [-0.1, -0.05) is 57.7 Å². The van der Waals surface area contributed by atoms with Gasteiger partial charge in [-0.2, -0.15) is 0 Å². The molecule has 2 unspecified atom stereocenters. The third-order valence-electron chi connectivity index (χ3n) is 5.54. The van der Waals surface area contributed by atoms with E-state index in [4.69, 9.17) is 9.47 Å². The maximum Gasteiger partial charge on any atom is 0.0945 e. The van der Waals surface area contributed by atoms with Crippen LogP contribution in [0.15, 0.2) is 48.5 Å². The Hall–Kier alpha value is -2.32. The molecule has 0 bridgehead atoms. The highest BCUT2D eigenvalue weighted by molar-refractivity contribution is 5.76. The van der Waals surface area contributed by atoms with E-state index in [0.717, 1.165) is 61.3 Å². The van der Waals surface area contributed by atoms with Crippen molar-refractivity contribution in [2.75, 3.05) is 55.5 Å². The predicted octanol–water partition coefficient (Wildman–Crippen LogP) is 5.39. The second-order valence-electron chi connectivity index (χ2n) is 8.88. The number of hydrogen-bond donors (Lipinski definition) is 5. The lowest BCUT2D eigenvalue weighted by molar-refractivity contribution is 0.0415. The number of ether oxygens (including phenoxy) is 2. The number of aliphatic hydroxyl groups excluding tert-OH is 2. The number of anilines is 4. The third kappa shape index (κ3) is 12.8. The van der Waals surface area contributed by atoms with Crippen LogP contribution in [0.4, 0.5) is 22.7 Å². The van der Waals surface area contributed by atoms with Gasteiger partial charge in [0, 0.05) is 37.7 Å². The molecule has 0 aliphatic rings. The molecule has 196 valence electrons. The van der Waals surface area contributed by atoms with Gasteiger partial charge in [0.1, 0.15) is 0 Å². The van der Waals surface area contributed by atoms with Crippen molar-refractivity contribution in [1.29, 1.82) is 0 Å². The van der Waals surface area contributed by atoms with E-state index in [1.165, 1.54) is 0 Å². The highest BCUT2D eigenvalue weighted by Crippen LogP contribution is 2.28. The standard InChI is InChI=1S/C28H45N3O4/c1-3-5-10-16-34-21-25(32)19-29-27-15-14-24(31-23-12-8-7-9-13-23)18-28(27)30-20-26(33)22-35-17-11-6-4-2/h7-9,12-15,18,25-26,29-33H,3-6,10-11,16-17,19-22H2,1-2H3. The van der Waals surface area contributed by atoms with Crippen LogP contribution in [0.5, 0.6) is 0 Å². The molecule has 2 rings (SSSR count). The van der Waals surface area contributed by atoms with Crippen LogP contribution >= 0.6 is 0 Å². The van der Waals surface area contributed by atoms with Crippen molar-refractivity contribution in [3.63, 3.8) is 0 Å². The van der Waals surface area contributed by atoms with Crippen LogP contribution in [0.25, 0.3) is 0 Å². The van der Waals surface area contributed by atoms with Crippen molar-refractivity contribution in [3.8, 4) is 0 Å². The molecule has 35 heavy (non-hydrogen) atoms. The van der Waals surface area contributed by atoms with Crippen LogP contribution < -0.4 is 16.0 Å². The Kier molecular flexibility index (Phi) is 14.9. The van der Waals surface area contributed by atoms with Gasteiger partial charge in [-0.05, 0) is 43.2 Å². The summed E-state index contributed by atoms with van der Waals surface area (Å²) in [7, 11) is 0. The lowest BCUT2D eigenvalue weighted by Crippen LogP contribution is -2.27. The summed E-state index contributed by atoms with van der Waals surface area (Å²) in [5.74, 6) is 0. The lowest BCUT2D eigenvalue weighted by atomic mass is 10.2. The summed E-state index contributed by atoms with van der Waals surface area (Å²) in [6.07, 6.45) is 5.40. The summed E-state index contributed by atoms with van der Waals surface area (Å²) >= 11 is 0. The van der Waals surface area contributed by atoms with Gasteiger partial charge in [-0.15, -0.1) is 0 Å². The molecule has 0 heterocycles. The number of para-hydroxylation sites is 1. The molecular weight excluding hydrogens is 442 g/mol. The molecule has 0 radical (unpaired) electrons. The van der Waals surface area contributed by atoms with E-state index in [0.29, 0.717) is 39.5 Å². The van der Waals surface area contributed by atoms with Gasteiger partial charge >= 0.3 is 0 Å². The van der Waals surface area contributed by atoms with E-state index in [2.05, 4.69) is 29.8 Å². The van der Waals surface area contributed by atoms with Gasteiger partial charge in [-0.25, -0.2) is 0 Å². The highest BCUT2D eigenvalue weighted by atomic mass is 16.5. The van der Waals surface area contributed by atoms with Crippen molar-refractivity contribution in [2.45, 2.75) is 64.6 Å². The fourth-order valence-corrected chi connectivity index (χ4v) is 3.53. The fraction of sp³-hybridized carbons (Fsp3) is 0.571. The summed E-state index contributed by atoms with van der Waals surface area (Å²) in [5.41, 5.74) is 3.61. The Morgan fingerprint density at radius 2 is 1.26 bits per heavy atom. The molecule has 0 aliphatic carbocycles. The molecule has 0 spiro atoms. The zero-order valence-electron chi connectivity index (χ0n) is 21.5. The van der Waals surface area contributed by atoms with Crippen molar-refractivity contribution in [1.82, 2.24) is 0 Å². The number of nitrogens with one attached hydrogen (secondary N) is 3.